The van der Waals surface area contributed by atoms with Crippen molar-refractivity contribution in [2.24, 2.45) is 0 Å². The summed E-state index contributed by atoms with van der Waals surface area (Å²) in [6.07, 6.45) is 14.2. The second-order valence-corrected chi connectivity index (χ2v) is 10.9. The van der Waals surface area contributed by atoms with Gasteiger partial charge in [-0.1, -0.05) is 0 Å². The van der Waals surface area contributed by atoms with Crippen molar-refractivity contribution in [1.29, 1.82) is 0 Å². The number of nitrogens with one attached hydrogen (secondary N) is 1. The Balaban J connectivity index is 1.32. The molecule has 0 unspecified atom stereocenters. The van der Waals surface area contributed by atoms with Crippen LogP contribution in [0.3, 0.4) is 0 Å². The Bertz CT molecular complexity index is 1320. The lowest BCUT2D eigenvalue weighted by Crippen LogP contribution is -2.44. The third-order valence-electron chi connectivity index (χ3n) is 8.39. The van der Waals surface area contributed by atoms with Crippen molar-refractivity contribution in [3.8, 4) is 22.8 Å². The molecular formula is C28H32N6O2. The summed E-state index contributed by atoms with van der Waals surface area (Å²) in [6.45, 7) is 3.72. The van der Waals surface area contributed by atoms with Crippen LogP contribution < -0.4 is 15.0 Å². The fraction of sp³-hybridized carbons (Fsp3) is 0.500. The van der Waals surface area contributed by atoms with Gasteiger partial charge in [0.05, 0.1) is 23.6 Å². The first kappa shape index (κ1) is 22.0. The predicted octanol–water partition coefficient (Wildman–Crippen LogP) is 4.77. The van der Waals surface area contributed by atoms with Gasteiger partial charge in [-0.15, -0.1) is 0 Å². The second-order valence-electron chi connectivity index (χ2n) is 10.9. The predicted molar refractivity (Wildman–Crippen MR) is 136 cm³/mol. The maximum atomic E-state index is 12.8. The molecule has 8 heteroatoms. The van der Waals surface area contributed by atoms with E-state index in [9.17, 15) is 4.79 Å². The zero-order valence-electron chi connectivity index (χ0n) is 20.7. The van der Waals surface area contributed by atoms with Gasteiger partial charge in [0.15, 0.2) is 0 Å². The van der Waals surface area contributed by atoms with Crippen LogP contribution in [0.15, 0.2) is 36.9 Å². The maximum absolute atomic E-state index is 12.8. The smallest absolute Gasteiger partial charge is 0.224 e. The molecule has 4 heterocycles. The van der Waals surface area contributed by atoms with Crippen LogP contribution in [0.5, 0.6) is 11.6 Å². The Hall–Kier alpha value is -3.26. The summed E-state index contributed by atoms with van der Waals surface area (Å²) >= 11 is 0. The van der Waals surface area contributed by atoms with Gasteiger partial charge in [-0.25, -0.2) is 9.97 Å². The fourth-order valence-electron chi connectivity index (χ4n) is 6.12. The number of carbonyl (C=O) groups is 1. The number of hydrogen-bond acceptors (Lipinski definition) is 6. The average molecular weight is 485 g/mol. The van der Waals surface area contributed by atoms with Crippen LogP contribution in [-0.4, -0.2) is 44.3 Å². The lowest BCUT2D eigenvalue weighted by atomic mass is 9.90. The van der Waals surface area contributed by atoms with Crippen LogP contribution in [0.1, 0.15) is 75.1 Å². The van der Waals surface area contributed by atoms with Crippen LogP contribution in [0.25, 0.3) is 11.1 Å². The molecule has 4 aliphatic rings. The van der Waals surface area contributed by atoms with E-state index in [1.165, 1.54) is 12.8 Å². The Kier molecular flexibility index (Phi) is 5.13. The van der Waals surface area contributed by atoms with Crippen molar-refractivity contribution in [3.63, 3.8) is 0 Å². The Morgan fingerprint density at radius 1 is 1.11 bits per heavy atom. The van der Waals surface area contributed by atoms with Gasteiger partial charge in [-0.2, -0.15) is 5.10 Å². The molecule has 1 spiro atoms. The molecule has 8 nitrogen and oxygen atoms in total. The number of piperidine rings is 1. The first-order valence-electron chi connectivity index (χ1n) is 13.3. The van der Waals surface area contributed by atoms with Gasteiger partial charge in [-0.05, 0) is 76.6 Å². The van der Waals surface area contributed by atoms with E-state index < -0.39 is 0 Å². The Labute approximate surface area is 211 Å². The molecule has 3 aromatic rings. The molecular weight excluding hydrogens is 452 g/mol. The lowest BCUT2D eigenvalue weighted by Gasteiger charge is -2.38. The fourth-order valence-corrected chi connectivity index (χ4v) is 6.12. The zero-order chi connectivity index (χ0) is 24.3. The summed E-state index contributed by atoms with van der Waals surface area (Å²) in [4.78, 5) is 23.7. The standard InChI is InChI=1S/C28H32N6O2/c1-18(35)34-25-5-4-22(20-15-32-33(16-20)21-7-12-29-13-8-21)27(23(25)6-9-28(34)10-11-28)36-26-14-24(19-2-3-19)30-17-31-26/h4-5,14-17,19,21,29H,2-3,6-13H2,1H3. The summed E-state index contributed by atoms with van der Waals surface area (Å²) in [6, 6.07) is 6.59. The van der Waals surface area contributed by atoms with E-state index in [4.69, 9.17) is 9.84 Å². The average Bonchev–Trinajstić information content (AvgIpc) is 3.83. The second kappa shape index (κ2) is 8.40. The Morgan fingerprint density at radius 2 is 1.94 bits per heavy atom. The van der Waals surface area contributed by atoms with Gasteiger partial charge in [-0.3, -0.25) is 9.48 Å². The highest BCUT2D eigenvalue weighted by molar-refractivity contribution is 5.96. The summed E-state index contributed by atoms with van der Waals surface area (Å²) in [7, 11) is 0. The molecule has 186 valence electrons. The molecule has 2 aliphatic heterocycles. The molecule has 2 aliphatic carbocycles. The number of nitrogens with zero attached hydrogens (tertiary/aromatic N) is 5. The van der Waals surface area contributed by atoms with Crippen molar-refractivity contribution in [3.05, 3.63) is 48.2 Å². The summed E-state index contributed by atoms with van der Waals surface area (Å²) in [5.74, 6) is 1.97. The number of hydrogen-bond donors (Lipinski definition) is 1. The summed E-state index contributed by atoms with van der Waals surface area (Å²) in [5, 5.41) is 8.17. The molecule has 0 radical (unpaired) electrons. The van der Waals surface area contributed by atoms with Crippen molar-refractivity contribution in [2.75, 3.05) is 18.0 Å². The highest BCUT2D eigenvalue weighted by Gasteiger charge is 2.52. The van der Waals surface area contributed by atoms with Gasteiger partial charge in [0, 0.05) is 47.3 Å². The third-order valence-corrected chi connectivity index (χ3v) is 8.39. The first-order valence-corrected chi connectivity index (χ1v) is 13.3. The van der Waals surface area contributed by atoms with E-state index in [1.54, 1.807) is 13.3 Å². The molecule has 2 aromatic heterocycles. The van der Waals surface area contributed by atoms with Crippen LogP contribution in [0.4, 0.5) is 5.69 Å². The molecule has 36 heavy (non-hydrogen) atoms. The summed E-state index contributed by atoms with van der Waals surface area (Å²) < 4.78 is 8.72. The summed E-state index contributed by atoms with van der Waals surface area (Å²) in [5.41, 5.74) is 5.13. The van der Waals surface area contributed by atoms with Gasteiger partial charge >= 0.3 is 0 Å². The van der Waals surface area contributed by atoms with E-state index in [-0.39, 0.29) is 11.4 Å². The largest absolute Gasteiger partial charge is 0.438 e. The van der Waals surface area contributed by atoms with E-state index in [0.29, 0.717) is 17.8 Å². The van der Waals surface area contributed by atoms with Gasteiger partial charge in [0.2, 0.25) is 11.8 Å². The SMILES string of the molecule is CC(=O)N1c2ccc(-c3cnn(C4CCNCC4)c3)c(Oc3cc(C4CC4)ncn3)c2CCC12CC2. The number of anilines is 1. The minimum absolute atomic E-state index is 0.00835. The van der Waals surface area contributed by atoms with Crippen LogP contribution in [-0.2, 0) is 11.2 Å². The monoisotopic (exact) mass is 484 g/mol. The number of benzene rings is 1. The number of rotatable bonds is 5. The van der Waals surface area contributed by atoms with Gasteiger partial charge in [0.1, 0.15) is 12.1 Å². The quantitative estimate of drug-likeness (QED) is 0.562. The molecule has 1 saturated heterocycles. The highest BCUT2D eigenvalue weighted by atomic mass is 16.5. The molecule has 0 atom stereocenters. The molecule has 1 amide bonds. The third kappa shape index (κ3) is 3.79. The zero-order valence-corrected chi connectivity index (χ0v) is 20.7. The van der Waals surface area contributed by atoms with Crippen LogP contribution in [0, 0.1) is 0 Å². The minimum Gasteiger partial charge on any atom is -0.438 e. The number of amides is 1. The van der Waals surface area contributed by atoms with E-state index >= 15 is 0 Å². The van der Waals surface area contributed by atoms with Gasteiger partial charge < -0.3 is 15.0 Å². The van der Waals surface area contributed by atoms with Crippen LogP contribution >= 0.6 is 0 Å². The Morgan fingerprint density at radius 3 is 2.69 bits per heavy atom. The van der Waals surface area contributed by atoms with E-state index in [2.05, 4.69) is 38.3 Å². The minimum atomic E-state index is -0.00835. The van der Waals surface area contributed by atoms with Crippen LogP contribution in [0.2, 0.25) is 0 Å². The lowest BCUT2D eigenvalue weighted by molar-refractivity contribution is -0.117. The van der Waals surface area contributed by atoms with Crippen molar-refractivity contribution in [2.45, 2.75) is 75.8 Å². The first-order chi connectivity index (χ1) is 17.6. The number of fused-ring (bicyclic) bond motifs is 1. The highest BCUT2D eigenvalue weighted by Crippen LogP contribution is 2.55. The topological polar surface area (TPSA) is 85.2 Å². The number of carbonyl (C=O) groups excluding carboxylic acids is 1. The van der Waals surface area contributed by atoms with Gasteiger partial charge in [0.25, 0.3) is 0 Å². The molecule has 3 fully saturated rings. The van der Waals surface area contributed by atoms with E-state index in [1.807, 2.05) is 17.2 Å². The number of ether oxygens (including phenoxy) is 1. The maximum Gasteiger partial charge on any atom is 0.224 e. The normalized spacial score (nSPS) is 20.9. The number of aromatic nitrogens is 4. The van der Waals surface area contributed by atoms with Crippen molar-refractivity contribution < 1.29 is 9.53 Å². The molecule has 1 N–H and O–H groups in total. The van der Waals surface area contributed by atoms with Crippen molar-refractivity contribution >= 4 is 11.6 Å². The molecule has 2 saturated carbocycles. The molecule has 1 aromatic carbocycles. The molecule has 0 bridgehead atoms. The molecule has 7 rings (SSSR count). The van der Waals surface area contributed by atoms with E-state index in [0.717, 1.165) is 85.4 Å². The van der Waals surface area contributed by atoms with Crippen molar-refractivity contribution in [1.82, 2.24) is 25.1 Å².